The van der Waals surface area contributed by atoms with E-state index in [4.69, 9.17) is 9.47 Å². The molecule has 0 saturated carbocycles. The number of rotatable bonds is 5. The molecule has 0 spiro atoms. The van der Waals surface area contributed by atoms with Crippen LogP contribution in [0.5, 0.6) is 11.5 Å². The van der Waals surface area contributed by atoms with E-state index in [-0.39, 0.29) is 18.6 Å². The van der Waals surface area contributed by atoms with Crippen molar-refractivity contribution in [2.45, 2.75) is 13.0 Å². The zero-order valence-electron chi connectivity index (χ0n) is 14.5. The summed E-state index contributed by atoms with van der Waals surface area (Å²) < 4.78 is 36.7. The van der Waals surface area contributed by atoms with E-state index in [0.29, 0.717) is 29.4 Å². The summed E-state index contributed by atoms with van der Waals surface area (Å²) in [5, 5.41) is 2.79. The number of benzene rings is 2. The molecular formula is C18H20N2O5S. The summed E-state index contributed by atoms with van der Waals surface area (Å²) in [6.07, 6.45) is 0.769. The Kier molecular flexibility index (Phi) is 5.03. The number of amides is 1. The van der Waals surface area contributed by atoms with Gasteiger partial charge in [-0.05, 0) is 36.8 Å². The molecule has 1 atom stereocenters. The van der Waals surface area contributed by atoms with Crippen LogP contribution in [0, 0.1) is 6.92 Å². The highest BCUT2D eigenvalue weighted by Crippen LogP contribution is 2.30. The fourth-order valence-corrected chi connectivity index (χ4v) is 3.16. The fourth-order valence-electron chi connectivity index (χ4n) is 2.55. The molecule has 0 saturated heterocycles. The topological polar surface area (TPSA) is 93.7 Å². The van der Waals surface area contributed by atoms with Gasteiger partial charge in [0.05, 0.1) is 18.5 Å². The maximum atomic E-state index is 12.4. The van der Waals surface area contributed by atoms with Crippen LogP contribution in [-0.4, -0.2) is 39.8 Å². The Balaban J connectivity index is 1.63. The van der Waals surface area contributed by atoms with Gasteiger partial charge in [0.1, 0.15) is 12.7 Å². The molecule has 1 heterocycles. The van der Waals surface area contributed by atoms with Crippen molar-refractivity contribution < 1.29 is 22.7 Å². The normalized spacial score (nSPS) is 16.0. The van der Waals surface area contributed by atoms with Crippen LogP contribution < -0.4 is 19.5 Å². The van der Waals surface area contributed by atoms with E-state index in [2.05, 4.69) is 10.0 Å². The van der Waals surface area contributed by atoms with E-state index in [1.807, 2.05) is 24.3 Å². The molecular weight excluding hydrogens is 356 g/mol. The smallest absolute Gasteiger partial charge is 0.251 e. The van der Waals surface area contributed by atoms with Crippen LogP contribution in [0.25, 0.3) is 0 Å². The molecule has 1 amide bonds. The van der Waals surface area contributed by atoms with Gasteiger partial charge in [-0.1, -0.05) is 18.2 Å². The fraction of sp³-hybridized carbons (Fsp3) is 0.278. The lowest BCUT2D eigenvalue weighted by molar-refractivity contribution is 0.0789. The van der Waals surface area contributed by atoms with Crippen molar-refractivity contribution >= 4 is 21.6 Å². The zero-order valence-corrected chi connectivity index (χ0v) is 15.3. The van der Waals surface area contributed by atoms with Crippen molar-refractivity contribution in [3.05, 3.63) is 53.6 Å². The quantitative estimate of drug-likeness (QED) is 0.832. The van der Waals surface area contributed by atoms with Crippen molar-refractivity contribution in [3.8, 4) is 11.5 Å². The number of ether oxygens (including phenoxy) is 2. The molecule has 0 aromatic heterocycles. The van der Waals surface area contributed by atoms with Gasteiger partial charge in [0.25, 0.3) is 5.91 Å². The van der Waals surface area contributed by atoms with Crippen molar-refractivity contribution in [2.75, 3.05) is 24.1 Å². The third-order valence-electron chi connectivity index (χ3n) is 3.85. The van der Waals surface area contributed by atoms with Crippen molar-refractivity contribution in [2.24, 2.45) is 0 Å². The van der Waals surface area contributed by atoms with Gasteiger partial charge in [0.2, 0.25) is 10.0 Å². The number of hydrogen-bond acceptors (Lipinski definition) is 5. The number of fused-ring (bicyclic) bond motifs is 1. The number of aryl methyl sites for hydroxylation is 1. The number of carbonyl (C=O) groups is 1. The van der Waals surface area contributed by atoms with E-state index >= 15 is 0 Å². The maximum Gasteiger partial charge on any atom is 0.251 e. The van der Waals surface area contributed by atoms with Crippen LogP contribution in [0.4, 0.5) is 5.69 Å². The van der Waals surface area contributed by atoms with Crippen LogP contribution in [0.1, 0.15) is 15.9 Å². The molecule has 2 aromatic carbocycles. The highest BCUT2D eigenvalue weighted by atomic mass is 32.2. The van der Waals surface area contributed by atoms with Gasteiger partial charge in [-0.25, -0.2) is 8.42 Å². The molecule has 138 valence electrons. The molecule has 26 heavy (non-hydrogen) atoms. The van der Waals surface area contributed by atoms with Gasteiger partial charge in [-0.2, -0.15) is 0 Å². The summed E-state index contributed by atoms with van der Waals surface area (Å²) in [4.78, 5) is 12.4. The average Bonchev–Trinajstić information content (AvgIpc) is 2.60. The predicted octanol–water partition coefficient (Wildman–Crippen LogP) is 1.94. The summed E-state index contributed by atoms with van der Waals surface area (Å²) in [6.45, 7) is 2.38. The molecule has 2 N–H and O–H groups in total. The highest BCUT2D eigenvalue weighted by Gasteiger charge is 2.21. The van der Waals surface area contributed by atoms with Crippen LogP contribution in [-0.2, 0) is 10.0 Å². The SMILES string of the molecule is Cc1ccc(C(=O)NC[C@H]2COc3ccccc3O2)cc1NS(C)(=O)=O. The highest BCUT2D eigenvalue weighted by molar-refractivity contribution is 7.92. The second-order valence-corrected chi connectivity index (χ2v) is 7.86. The van der Waals surface area contributed by atoms with E-state index in [1.165, 1.54) is 6.07 Å². The minimum absolute atomic E-state index is 0.274. The standard InChI is InChI=1S/C18H20N2O5S/c1-12-7-8-13(9-15(12)20-26(2,22)23)18(21)19-10-14-11-24-16-5-3-4-6-17(16)25-14/h3-9,14,20H,10-11H2,1-2H3,(H,19,21)/t14-/m0/s1. The second-order valence-electron chi connectivity index (χ2n) is 6.11. The Morgan fingerprint density at radius 3 is 2.65 bits per heavy atom. The minimum Gasteiger partial charge on any atom is -0.486 e. The van der Waals surface area contributed by atoms with Crippen LogP contribution in [0.3, 0.4) is 0 Å². The summed E-state index contributed by atoms with van der Waals surface area (Å²) in [7, 11) is -3.42. The van der Waals surface area contributed by atoms with E-state index in [9.17, 15) is 13.2 Å². The molecule has 1 aliphatic rings. The molecule has 0 unspecified atom stereocenters. The molecule has 0 aliphatic carbocycles. The first kappa shape index (κ1) is 18.1. The summed E-state index contributed by atoms with van der Waals surface area (Å²) in [5.41, 5.74) is 1.47. The van der Waals surface area contributed by atoms with E-state index in [0.717, 1.165) is 11.8 Å². The Morgan fingerprint density at radius 2 is 1.92 bits per heavy atom. The van der Waals surface area contributed by atoms with Crippen molar-refractivity contribution in [1.82, 2.24) is 5.32 Å². The second kappa shape index (κ2) is 7.25. The Labute approximate surface area is 152 Å². The van der Waals surface area contributed by atoms with Gasteiger partial charge in [0, 0.05) is 5.56 Å². The van der Waals surface area contributed by atoms with Gasteiger partial charge in [0.15, 0.2) is 11.5 Å². The first-order valence-corrected chi connectivity index (χ1v) is 9.96. The van der Waals surface area contributed by atoms with Crippen molar-refractivity contribution in [1.29, 1.82) is 0 Å². The van der Waals surface area contributed by atoms with Gasteiger partial charge in [-0.15, -0.1) is 0 Å². The number of hydrogen-bond donors (Lipinski definition) is 2. The van der Waals surface area contributed by atoms with E-state index in [1.54, 1.807) is 19.1 Å². The first-order valence-electron chi connectivity index (χ1n) is 8.07. The van der Waals surface area contributed by atoms with Gasteiger partial charge < -0.3 is 14.8 Å². The van der Waals surface area contributed by atoms with Crippen LogP contribution >= 0.6 is 0 Å². The molecule has 2 aromatic rings. The number of anilines is 1. The minimum atomic E-state index is -3.42. The molecule has 0 bridgehead atoms. The summed E-state index contributed by atoms with van der Waals surface area (Å²) in [5.74, 6) is 1.02. The van der Waals surface area contributed by atoms with Gasteiger partial charge in [-0.3, -0.25) is 9.52 Å². The number of nitrogens with one attached hydrogen (secondary N) is 2. The number of sulfonamides is 1. The predicted molar refractivity (Wildman–Crippen MR) is 98.3 cm³/mol. The summed E-state index contributed by atoms with van der Waals surface area (Å²) in [6, 6.07) is 12.2. The lowest BCUT2D eigenvalue weighted by Crippen LogP contribution is -2.40. The molecule has 0 fully saturated rings. The Bertz CT molecular complexity index is 927. The largest absolute Gasteiger partial charge is 0.486 e. The number of carbonyl (C=O) groups excluding carboxylic acids is 1. The average molecular weight is 376 g/mol. The molecule has 8 heteroatoms. The Hall–Kier alpha value is -2.74. The molecule has 7 nitrogen and oxygen atoms in total. The third kappa shape index (κ3) is 4.45. The van der Waals surface area contributed by atoms with Gasteiger partial charge >= 0.3 is 0 Å². The molecule has 3 rings (SSSR count). The molecule has 0 radical (unpaired) electrons. The van der Waals surface area contributed by atoms with Crippen LogP contribution in [0.15, 0.2) is 42.5 Å². The third-order valence-corrected chi connectivity index (χ3v) is 4.44. The number of para-hydroxylation sites is 2. The van der Waals surface area contributed by atoms with Crippen LogP contribution in [0.2, 0.25) is 0 Å². The lowest BCUT2D eigenvalue weighted by atomic mass is 10.1. The zero-order chi connectivity index (χ0) is 18.7. The molecule has 1 aliphatic heterocycles. The van der Waals surface area contributed by atoms with Crippen molar-refractivity contribution in [3.63, 3.8) is 0 Å². The monoisotopic (exact) mass is 376 g/mol. The van der Waals surface area contributed by atoms with E-state index < -0.39 is 10.0 Å². The lowest BCUT2D eigenvalue weighted by Gasteiger charge is -2.26. The first-order chi connectivity index (χ1) is 12.3. The summed E-state index contributed by atoms with van der Waals surface area (Å²) >= 11 is 0. The maximum absolute atomic E-state index is 12.4. The Morgan fingerprint density at radius 1 is 1.19 bits per heavy atom.